The lowest BCUT2D eigenvalue weighted by Crippen LogP contribution is -2.11. The second-order valence-corrected chi connectivity index (χ2v) is 6.74. The first-order valence-corrected chi connectivity index (χ1v) is 8.52. The van der Waals surface area contributed by atoms with Crippen LogP contribution < -0.4 is 5.32 Å². The highest BCUT2D eigenvalue weighted by Crippen LogP contribution is 2.30. The molecule has 1 N–H and O–H groups in total. The van der Waals surface area contributed by atoms with E-state index in [1.165, 1.54) is 11.3 Å². The van der Waals surface area contributed by atoms with Gasteiger partial charge in [-0.1, -0.05) is 40.9 Å². The van der Waals surface area contributed by atoms with E-state index in [9.17, 15) is 4.79 Å². The number of benzene rings is 2. The molecule has 0 radical (unpaired) electrons. The normalized spacial score (nSPS) is 10.6. The minimum atomic E-state index is -0.239. The summed E-state index contributed by atoms with van der Waals surface area (Å²) in [4.78, 5) is 16.5. The molecule has 3 aromatic rings. The summed E-state index contributed by atoms with van der Waals surface area (Å²) in [7, 11) is 0. The van der Waals surface area contributed by atoms with Gasteiger partial charge in [0, 0.05) is 21.5 Å². The minimum absolute atomic E-state index is 0.239. The largest absolute Gasteiger partial charge is 0.298 e. The van der Waals surface area contributed by atoms with Gasteiger partial charge in [-0.15, -0.1) is 11.3 Å². The number of nitrogens with zero attached hydrogens (tertiary/aromatic N) is 1. The number of amides is 1. The van der Waals surface area contributed by atoms with Crippen LogP contribution in [-0.4, -0.2) is 10.9 Å². The van der Waals surface area contributed by atoms with E-state index < -0.39 is 0 Å². The molecule has 0 unspecified atom stereocenters. The van der Waals surface area contributed by atoms with E-state index in [1.807, 2.05) is 11.4 Å². The Morgan fingerprint density at radius 1 is 1.00 bits per heavy atom. The Morgan fingerprint density at radius 3 is 2.43 bits per heavy atom. The Labute approximate surface area is 151 Å². The zero-order valence-electron chi connectivity index (χ0n) is 11.5. The Morgan fingerprint density at radius 2 is 1.74 bits per heavy atom. The van der Waals surface area contributed by atoms with Gasteiger partial charge >= 0.3 is 0 Å². The van der Waals surface area contributed by atoms with Gasteiger partial charge in [0.1, 0.15) is 0 Å². The molecule has 0 aliphatic heterocycles. The van der Waals surface area contributed by atoms with E-state index in [0.29, 0.717) is 25.8 Å². The van der Waals surface area contributed by atoms with Gasteiger partial charge in [-0.3, -0.25) is 10.1 Å². The van der Waals surface area contributed by atoms with Gasteiger partial charge < -0.3 is 0 Å². The number of carbonyl (C=O) groups excluding carboxylic acids is 1. The topological polar surface area (TPSA) is 42.0 Å². The quantitative estimate of drug-likeness (QED) is 0.600. The van der Waals surface area contributed by atoms with Crippen LogP contribution in [0.4, 0.5) is 5.13 Å². The molecular formula is C16H9Cl3N2OS. The van der Waals surface area contributed by atoms with Crippen LogP contribution in [0.2, 0.25) is 15.1 Å². The van der Waals surface area contributed by atoms with Crippen molar-refractivity contribution in [1.82, 2.24) is 4.98 Å². The zero-order chi connectivity index (χ0) is 16.4. The Kier molecular flexibility index (Phi) is 4.87. The molecule has 0 fully saturated rings. The fourth-order valence-electron chi connectivity index (χ4n) is 1.89. The summed E-state index contributed by atoms with van der Waals surface area (Å²) in [6.07, 6.45) is 0. The smallest absolute Gasteiger partial charge is 0.257 e. The lowest BCUT2D eigenvalue weighted by atomic mass is 10.2. The average Bonchev–Trinajstić information content (AvgIpc) is 2.99. The van der Waals surface area contributed by atoms with E-state index in [1.54, 1.807) is 36.4 Å². The molecule has 1 aromatic heterocycles. The number of carbonyl (C=O) groups is 1. The first kappa shape index (κ1) is 16.3. The molecular weight excluding hydrogens is 375 g/mol. The highest BCUT2D eigenvalue weighted by atomic mass is 35.5. The van der Waals surface area contributed by atoms with Crippen LogP contribution in [0.25, 0.3) is 11.3 Å². The number of thiazole rings is 1. The van der Waals surface area contributed by atoms with Gasteiger partial charge in [0.2, 0.25) is 0 Å². The fraction of sp³-hybridized carbons (Fsp3) is 0. The van der Waals surface area contributed by atoms with Crippen molar-refractivity contribution >= 4 is 57.2 Å². The van der Waals surface area contributed by atoms with Crippen LogP contribution >= 0.6 is 46.1 Å². The SMILES string of the molecule is O=C(Nc1nc(-c2ccc(Cl)c(Cl)c2)cs1)c1ccc(Cl)cc1. The molecule has 0 atom stereocenters. The lowest BCUT2D eigenvalue weighted by molar-refractivity contribution is 0.102. The average molecular weight is 384 g/mol. The van der Waals surface area contributed by atoms with Crippen molar-refractivity contribution in [2.75, 3.05) is 5.32 Å². The highest BCUT2D eigenvalue weighted by molar-refractivity contribution is 7.14. The van der Waals surface area contributed by atoms with Crippen LogP contribution in [-0.2, 0) is 0 Å². The molecule has 2 aromatic carbocycles. The van der Waals surface area contributed by atoms with Gasteiger partial charge in [0.25, 0.3) is 5.91 Å². The summed E-state index contributed by atoms with van der Waals surface area (Å²) >= 11 is 19.1. The summed E-state index contributed by atoms with van der Waals surface area (Å²) in [6.45, 7) is 0. The van der Waals surface area contributed by atoms with Crippen LogP contribution in [0.15, 0.2) is 47.8 Å². The maximum Gasteiger partial charge on any atom is 0.257 e. The number of rotatable bonds is 3. The van der Waals surface area contributed by atoms with Crippen molar-refractivity contribution in [2.24, 2.45) is 0 Å². The lowest BCUT2D eigenvalue weighted by Gasteiger charge is -2.02. The van der Waals surface area contributed by atoms with E-state index in [4.69, 9.17) is 34.8 Å². The molecule has 7 heteroatoms. The van der Waals surface area contributed by atoms with Crippen molar-refractivity contribution < 1.29 is 4.79 Å². The minimum Gasteiger partial charge on any atom is -0.298 e. The molecule has 0 aliphatic carbocycles. The molecule has 0 saturated carbocycles. The first-order chi connectivity index (χ1) is 11.0. The third-order valence-corrected chi connectivity index (χ3v) is 4.80. The molecule has 0 bridgehead atoms. The molecule has 23 heavy (non-hydrogen) atoms. The van der Waals surface area contributed by atoms with E-state index in [2.05, 4.69) is 10.3 Å². The molecule has 0 saturated heterocycles. The van der Waals surface area contributed by atoms with Crippen LogP contribution in [0.5, 0.6) is 0 Å². The van der Waals surface area contributed by atoms with E-state index >= 15 is 0 Å². The predicted octanol–water partition coefficient (Wildman–Crippen LogP) is 6.02. The maximum absolute atomic E-state index is 12.1. The maximum atomic E-state index is 12.1. The molecule has 116 valence electrons. The molecule has 1 amide bonds. The summed E-state index contributed by atoms with van der Waals surface area (Å²) in [6, 6.07) is 11.9. The monoisotopic (exact) mass is 382 g/mol. The van der Waals surface area contributed by atoms with Crippen molar-refractivity contribution in [3.8, 4) is 11.3 Å². The molecule has 0 aliphatic rings. The molecule has 3 rings (SSSR count). The highest BCUT2D eigenvalue weighted by Gasteiger charge is 2.11. The van der Waals surface area contributed by atoms with Crippen molar-refractivity contribution in [3.05, 3.63) is 68.5 Å². The number of aromatic nitrogens is 1. The summed E-state index contributed by atoms with van der Waals surface area (Å²) < 4.78 is 0. The first-order valence-electron chi connectivity index (χ1n) is 6.51. The number of halogens is 3. The van der Waals surface area contributed by atoms with Gasteiger partial charge in [-0.25, -0.2) is 4.98 Å². The van der Waals surface area contributed by atoms with E-state index in [0.717, 1.165) is 11.3 Å². The fourth-order valence-corrected chi connectivity index (χ4v) is 3.03. The zero-order valence-corrected chi connectivity index (χ0v) is 14.6. The number of anilines is 1. The second kappa shape index (κ2) is 6.89. The van der Waals surface area contributed by atoms with Gasteiger partial charge in [0.05, 0.1) is 15.7 Å². The number of hydrogen-bond acceptors (Lipinski definition) is 3. The molecule has 0 spiro atoms. The summed E-state index contributed by atoms with van der Waals surface area (Å²) in [5, 5.41) is 6.64. The Bertz CT molecular complexity index is 862. The van der Waals surface area contributed by atoms with Crippen LogP contribution in [0.3, 0.4) is 0 Å². The Hall–Kier alpha value is -1.59. The predicted molar refractivity (Wildman–Crippen MR) is 97.0 cm³/mol. The number of nitrogens with one attached hydrogen (secondary N) is 1. The Balaban J connectivity index is 1.77. The van der Waals surface area contributed by atoms with Crippen molar-refractivity contribution in [3.63, 3.8) is 0 Å². The van der Waals surface area contributed by atoms with Crippen LogP contribution in [0, 0.1) is 0 Å². The van der Waals surface area contributed by atoms with Crippen molar-refractivity contribution in [1.29, 1.82) is 0 Å². The van der Waals surface area contributed by atoms with Crippen LogP contribution in [0.1, 0.15) is 10.4 Å². The molecule has 1 heterocycles. The standard InChI is InChI=1S/C16H9Cl3N2OS/c17-11-4-1-9(2-5-11)15(22)21-16-20-14(8-23-16)10-3-6-12(18)13(19)7-10/h1-8H,(H,20,21,22). The van der Waals surface area contributed by atoms with Gasteiger partial charge in [-0.2, -0.15) is 0 Å². The van der Waals surface area contributed by atoms with Crippen molar-refractivity contribution in [2.45, 2.75) is 0 Å². The third kappa shape index (κ3) is 3.85. The number of hydrogen-bond donors (Lipinski definition) is 1. The van der Waals surface area contributed by atoms with Gasteiger partial charge in [0.15, 0.2) is 5.13 Å². The second-order valence-electron chi connectivity index (χ2n) is 4.63. The van der Waals surface area contributed by atoms with Gasteiger partial charge in [-0.05, 0) is 36.4 Å². The van der Waals surface area contributed by atoms with E-state index in [-0.39, 0.29) is 5.91 Å². The summed E-state index contributed by atoms with van der Waals surface area (Å²) in [5.74, 6) is -0.239. The third-order valence-electron chi connectivity index (χ3n) is 3.05. The molecule has 3 nitrogen and oxygen atoms in total. The summed E-state index contributed by atoms with van der Waals surface area (Å²) in [5.41, 5.74) is 2.07.